The van der Waals surface area contributed by atoms with E-state index in [1.807, 2.05) is 36.7 Å². The fourth-order valence-corrected chi connectivity index (χ4v) is 3.60. The number of methoxy groups -OCH3 is 1. The van der Waals surface area contributed by atoms with Crippen LogP contribution >= 0.6 is 0 Å². The van der Waals surface area contributed by atoms with Crippen molar-refractivity contribution in [2.45, 2.75) is 0 Å². The zero-order chi connectivity index (χ0) is 19.1. The van der Waals surface area contributed by atoms with E-state index < -0.39 is 0 Å². The van der Waals surface area contributed by atoms with Crippen LogP contribution in [-0.4, -0.2) is 27.0 Å². The number of fused-ring (bicyclic) bond motifs is 2. The lowest BCUT2D eigenvalue weighted by Gasteiger charge is -2.12. The molecule has 28 heavy (non-hydrogen) atoms. The van der Waals surface area contributed by atoms with Crippen LogP contribution in [-0.2, 0) is 0 Å². The first kappa shape index (κ1) is 16.3. The minimum atomic E-state index is 0.242. The van der Waals surface area contributed by atoms with Gasteiger partial charge in [0.25, 0.3) is 0 Å². The van der Waals surface area contributed by atoms with E-state index in [0.29, 0.717) is 0 Å². The smallest absolute Gasteiger partial charge is 0.220 e. The summed E-state index contributed by atoms with van der Waals surface area (Å²) in [5, 5.41) is 3.23. The van der Waals surface area contributed by atoms with E-state index in [1.54, 1.807) is 13.3 Å². The van der Waals surface area contributed by atoms with Crippen molar-refractivity contribution in [3.8, 4) is 28.1 Å². The number of nitrogens with zero attached hydrogens (tertiary/aromatic N) is 3. The lowest BCUT2D eigenvalue weighted by Crippen LogP contribution is -1.95. The molecule has 0 radical (unpaired) electrons. The van der Waals surface area contributed by atoms with Crippen molar-refractivity contribution in [3.05, 3.63) is 67.1 Å². The normalized spacial score (nSPS) is 11.2. The number of aromatic amines is 1. The lowest BCUT2D eigenvalue weighted by atomic mass is 9.97. The van der Waals surface area contributed by atoms with Gasteiger partial charge in [0.2, 0.25) is 5.95 Å². The second kappa shape index (κ2) is 6.35. The minimum absolute atomic E-state index is 0.242. The third-order valence-corrected chi connectivity index (χ3v) is 4.88. The summed E-state index contributed by atoms with van der Waals surface area (Å²) < 4.78 is 5.66. The van der Waals surface area contributed by atoms with E-state index >= 15 is 0 Å². The average Bonchev–Trinajstić information content (AvgIpc) is 3.16. The highest BCUT2D eigenvalue weighted by Gasteiger charge is 2.15. The summed E-state index contributed by atoms with van der Waals surface area (Å²) in [6.07, 6.45) is 5.41. The molecule has 0 spiro atoms. The number of ether oxygens (including phenoxy) is 1. The van der Waals surface area contributed by atoms with E-state index in [0.717, 1.165) is 49.9 Å². The summed E-state index contributed by atoms with van der Waals surface area (Å²) >= 11 is 0. The maximum Gasteiger partial charge on any atom is 0.220 e. The summed E-state index contributed by atoms with van der Waals surface area (Å²) in [5.74, 6) is 1.05. The molecule has 5 aromatic rings. The number of nitrogens with one attached hydrogen (secondary N) is 1. The number of hydrogen-bond donors (Lipinski definition) is 2. The van der Waals surface area contributed by atoms with E-state index in [2.05, 4.69) is 44.2 Å². The number of anilines is 1. The Bertz CT molecular complexity index is 1330. The van der Waals surface area contributed by atoms with Gasteiger partial charge in [0.1, 0.15) is 11.4 Å². The molecular formula is C22H17N5O. The predicted molar refractivity (Wildman–Crippen MR) is 111 cm³/mol. The lowest BCUT2D eigenvalue weighted by molar-refractivity contribution is 0.417. The van der Waals surface area contributed by atoms with Gasteiger partial charge in [0.15, 0.2) is 0 Å². The monoisotopic (exact) mass is 367 g/mol. The Hall–Kier alpha value is -3.93. The maximum atomic E-state index is 5.77. The zero-order valence-electron chi connectivity index (χ0n) is 15.2. The second-order valence-electron chi connectivity index (χ2n) is 6.49. The van der Waals surface area contributed by atoms with Gasteiger partial charge in [0.05, 0.1) is 12.8 Å². The van der Waals surface area contributed by atoms with Crippen LogP contribution in [0.4, 0.5) is 5.95 Å². The number of pyridine rings is 1. The van der Waals surface area contributed by atoms with Crippen molar-refractivity contribution in [2.75, 3.05) is 12.8 Å². The number of nitrogen functional groups attached to an aromatic ring is 1. The quantitative estimate of drug-likeness (QED) is 0.492. The predicted octanol–water partition coefficient (Wildman–Crippen LogP) is 4.43. The summed E-state index contributed by atoms with van der Waals surface area (Å²) in [7, 11) is 1.69. The molecule has 0 aliphatic heterocycles. The van der Waals surface area contributed by atoms with Crippen LogP contribution in [0.2, 0.25) is 0 Å². The first-order valence-corrected chi connectivity index (χ1v) is 8.87. The highest BCUT2D eigenvalue weighted by atomic mass is 16.5. The van der Waals surface area contributed by atoms with Crippen LogP contribution in [0.25, 0.3) is 44.2 Å². The molecule has 0 saturated carbocycles. The third kappa shape index (κ3) is 2.54. The molecule has 0 aliphatic rings. The zero-order valence-corrected chi connectivity index (χ0v) is 15.2. The van der Waals surface area contributed by atoms with Crippen LogP contribution in [0, 0.1) is 0 Å². The molecule has 0 fully saturated rings. The maximum absolute atomic E-state index is 5.77. The number of rotatable bonds is 3. The Morgan fingerprint density at radius 2 is 1.89 bits per heavy atom. The number of aromatic nitrogens is 4. The molecular weight excluding hydrogens is 350 g/mol. The highest BCUT2D eigenvalue weighted by Crippen LogP contribution is 2.38. The summed E-state index contributed by atoms with van der Waals surface area (Å²) in [5.41, 5.74) is 10.2. The first-order valence-electron chi connectivity index (χ1n) is 8.87. The number of nitrogens with two attached hydrogens (primary N) is 1. The van der Waals surface area contributed by atoms with E-state index in [-0.39, 0.29) is 5.95 Å². The molecule has 6 heteroatoms. The molecule has 0 aliphatic carbocycles. The second-order valence-corrected chi connectivity index (χ2v) is 6.49. The molecule has 6 nitrogen and oxygen atoms in total. The number of H-pyrrole nitrogens is 1. The summed E-state index contributed by atoms with van der Waals surface area (Å²) in [6.45, 7) is 0. The SMILES string of the molecule is COc1ccc2ccccc2c1-c1cnc2[nH]cc(-c3ccnc(N)n3)c2c1. The van der Waals surface area contributed by atoms with Crippen LogP contribution in [0.15, 0.2) is 67.1 Å². The van der Waals surface area contributed by atoms with E-state index in [1.165, 1.54) is 0 Å². The Balaban J connectivity index is 1.77. The van der Waals surface area contributed by atoms with Crippen LogP contribution in [0.1, 0.15) is 0 Å². The van der Waals surface area contributed by atoms with Gasteiger partial charge in [0, 0.05) is 40.7 Å². The number of hydrogen-bond acceptors (Lipinski definition) is 5. The van der Waals surface area contributed by atoms with Gasteiger partial charge in [-0.1, -0.05) is 30.3 Å². The summed E-state index contributed by atoms with van der Waals surface area (Å²) in [6, 6.07) is 16.3. The Labute approximate surface area is 161 Å². The fourth-order valence-electron chi connectivity index (χ4n) is 3.60. The van der Waals surface area contributed by atoms with Crippen molar-refractivity contribution in [1.29, 1.82) is 0 Å². The third-order valence-electron chi connectivity index (χ3n) is 4.88. The fraction of sp³-hybridized carbons (Fsp3) is 0.0455. The minimum Gasteiger partial charge on any atom is -0.496 e. The molecule has 3 heterocycles. The Morgan fingerprint density at radius 1 is 1.00 bits per heavy atom. The largest absolute Gasteiger partial charge is 0.496 e. The van der Waals surface area contributed by atoms with E-state index in [4.69, 9.17) is 10.5 Å². The molecule has 0 amide bonds. The van der Waals surface area contributed by atoms with Gasteiger partial charge in [-0.25, -0.2) is 15.0 Å². The van der Waals surface area contributed by atoms with E-state index in [9.17, 15) is 0 Å². The standard InChI is InChI=1S/C22H17N5O/c1-28-19-7-6-13-4-2-3-5-15(13)20(19)14-10-16-17(12-26-21(16)25-11-14)18-8-9-24-22(23)27-18/h2-12H,1H3,(H,25,26)(H2,23,24,27). The van der Waals surface area contributed by atoms with Gasteiger partial charge >= 0.3 is 0 Å². The van der Waals surface area contributed by atoms with Gasteiger partial charge < -0.3 is 15.5 Å². The van der Waals surface area contributed by atoms with Crippen molar-refractivity contribution in [2.24, 2.45) is 0 Å². The molecule has 136 valence electrons. The molecule has 5 rings (SSSR count). The molecule has 3 N–H and O–H groups in total. The average molecular weight is 367 g/mol. The topological polar surface area (TPSA) is 89.7 Å². The van der Waals surface area contributed by atoms with Crippen molar-refractivity contribution in [3.63, 3.8) is 0 Å². The molecule has 3 aromatic heterocycles. The van der Waals surface area contributed by atoms with Crippen molar-refractivity contribution in [1.82, 2.24) is 19.9 Å². The van der Waals surface area contributed by atoms with Gasteiger partial charge in [-0.15, -0.1) is 0 Å². The number of benzene rings is 2. The van der Waals surface area contributed by atoms with Gasteiger partial charge in [-0.2, -0.15) is 0 Å². The first-order chi connectivity index (χ1) is 13.7. The van der Waals surface area contributed by atoms with Crippen LogP contribution in [0.5, 0.6) is 5.75 Å². The highest BCUT2D eigenvalue weighted by molar-refractivity contribution is 6.02. The van der Waals surface area contributed by atoms with Crippen molar-refractivity contribution < 1.29 is 4.74 Å². The Morgan fingerprint density at radius 3 is 2.75 bits per heavy atom. The molecule has 0 bridgehead atoms. The van der Waals surface area contributed by atoms with Gasteiger partial charge in [-0.3, -0.25) is 0 Å². The Kier molecular flexibility index (Phi) is 3.69. The van der Waals surface area contributed by atoms with Crippen LogP contribution in [0.3, 0.4) is 0 Å². The molecule has 0 atom stereocenters. The van der Waals surface area contributed by atoms with Crippen LogP contribution < -0.4 is 10.5 Å². The molecule has 0 unspecified atom stereocenters. The van der Waals surface area contributed by atoms with Gasteiger partial charge in [-0.05, 0) is 29.0 Å². The molecule has 2 aromatic carbocycles. The summed E-state index contributed by atoms with van der Waals surface area (Å²) in [4.78, 5) is 16.2. The van der Waals surface area contributed by atoms with Crippen molar-refractivity contribution >= 4 is 27.8 Å². The molecule has 0 saturated heterocycles.